The van der Waals surface area contributed by atoms with E-state index in [2.05, 4.69) is 40.2 Å². The summed E-state index contributed by atoms with van der Waals surface area (Å²) < 4.78 is 19.3. The first-order chi connectivity index (χ1) is 22.1. The van der Waals surface area contributed by atoms with Crippen molar-refractivity contribution in [3.8, 4) is 28.6 Å². The van der Waals surface area contributed by atoms with E-state index >= 15 is 0 Å². The third-order valence-corrected chi connectivity index (χ3v) is 8.00. The number of rotatable bonds is 10. The van der Waals surface area contributed by atoms with Gasteiger partial charge in [-0.05, 0) is 78.9 Å². The highest BCUT2D eigenvalue weighted by molar-refractivity contribution is 9.10. The zero-order chi connectivity index (χ0) is 33.0. The molecule has 0 radical (unpaired) electrons. The minimum absolute atomic E-state index is 0.162. The fourth-order valence-corrected chi connectivity index (χ4v) is 5.57. The van der Waals surface area contributed by atoms with Crippen molar-refractivity contribution in [3.63, 3.8) is 0 Å². The highest BCUT2D eigenvalue weighted by atomic mass is 79.9. The normalized spacial score (nSPS) is 11.3. The SMILES string of the molecule is COc1cc(C)c(-c2nc3ccccc3c(=O)n2N=Cc2cc(Br)cc(OC)c2OCC(=O)Nc2ccccc2C)cc1C(C)C. The molecule has 236 valence electrons. The van der Waals surface area contributed by atoms with E-state index < -0.39 is 0 Å². The number of carbonyl (C=O) groups excluding carboxylic acids is 1. The summed E-state index contributed by atoms with van der Waals surface area (Å²) in [5.41, 5.74) is 4.95. The molecule has 0 fully saturated rings. The summed E-state index contributed by atoms with van der Waals surface area (Å²) in [6, 6.07) is 22.1. The van der Waals surface area contributed by atoms with Crippen molar-refractivity contribution in [3.05, 3.63) is 110 Å². The van der Waals surface area contributed by atoms with E-state index in [1.54, 1.807) is 31.4 Å². The van der Waals surface area contributed by atoms with Crippen molar-refractivity contribution in [2.24, 2.45) is 5.10 Å². The molecule has 1 amide bonds. The Balaban J connectivity index is 1.60. The van der Waals surface area contributed by atoms with Crippen LogP contribution in [0, 0.1) is 13.8 Å². The molecule has 0 spiro atoms. The molecule has 0 aliphatic rings. The molecular weight excluding hydrogens is 648 g/mol. The number of carbonyl (C=O) groups is 1. The summed E-state index contributed by atoms with van der Waals surface area (Å²) >= 11 is 3.52. The molecule has 9 nitrogen and oxygen atoms in total. The number of anilines is 1. The number of benzene rings is 4. The number of para-hydroxylation sites is 2. The Morgan fingerprint density at radius 3 is 2.41 bits per heavy atom. The number of nitrogens with one attached hydrogen (secondary N) is 1. The molecule has 4 aromatic carbocycles. The van der Waals surface area contributed by atoms with E-state index in [1.165, 1.54) is 18.0 Å². The number of hydrogen-bond acceptors (Lipinski definition) is 7. The highest BCUT2D eigenvalue weighted by Crippen LogP contribution is 2.36. The minimum atomic E-state index is -0.338. The number of aryl methyl sites for hydroxylation is 2. The average molecular weight is 684 g/mol. The van der Waals surface area contributed by atoms with Crippen molar-refractivity contribution in [2.45, 2.75) is 33.6 Å². The summed E-state index contributed by atoms with van der Waals surface area (Å²) in [7, 11) is 3.16. The molecule has 1 heterocycles. The standard InChI is InChI=1S/C36H35BrN4O5/c1-21(2)27-18-28(23(4)15-31(27)44-5)35-40-30-14-10-8-12-26(30)36(43)41(35)38-19-24-16-25(37)17-32(45-6)34(24)46-20-33(42)39-29-13-9-7-11-22(29)3/h7-19,21H,20H2,1-6H3,(H,39,42). The van der Waals surface area contributed by atoms with Gasteiger partial charge in [-0.15, -0.1) is 0 Å². The Kier molecular flexibility index (Phi) is 9.87. The first kappa shape index (κ1) is 32.4. The zero-order valence-electron chi connectivity index (χ0n) is 26.6. The van der Waals surface area contributed by atoms with Gasteiger partial charge in [-0.3, -0.25) is 9.59 Å². The van der Waals surface area contributed by atoms with Gasteiger partial charge in [0.2, 0.25) is 0 Å². The van der Waals surface area contributed by atoms with Crippen molar-refractivity contribution in [2.75, 3.05) is 26.1 Å². The van der Waals surface area contributed by atoms with Gasteiger partial charge in [0, 0.05) is 21.3 Å². The number of aromatic nitrogens is 2. The number of methoxy groups -OCH3 is 2. The van der Waals surface area contributed by atoms with Gasteiger partial charge in [0.25, 0.3) is 11.5 Å². The van der Waals surface area contributed by atoms with Crippen LogP contribution in [0.15, 0.2) is 87.2 Å². The molecule has 0 bridgehead atoms. The van der Waals surface area contributed by atoms with Crippen LogP contribution < -0.4 is 25.1 Å². The maximum atomic E-state index is 14.0. The summed E-state index contributed by atoms with van der Waals surface area (Å²) in [6.45, 7) is 7.75. The molecule has 0 unspecified atom stereocenters. The second-order valence-electron chi connectivity index (χ2n) is 11.1. The number of halogens is 1. The van der Waals surface area contributed by atoms with Crippen LogP contribution in [0.2, 0.25) is 0 Å². The van der Waals surface area contributed by atoms with Gasteiger partial charge in [-0.2, -0.15) is 9.78 Å². The van der Waals surface area contributed by atoms with Gasteiger partial charge in [-0.25, -0.2) is 4.98 Å². The number of amides is 1. The topological polar surface area (TPSA) is 104 Å². The van der Waals surface area contributed by atoms with E-state index in [0.29, 0.717) is 43.9 Å². The molecule has 5 aromatic rings. The molecule has 0 saturated heterocycles. The summed E-state index contributed by atoms with van der Waals surface area (Å²) in [5.74, 6) is 1.65. The Labute approximate surface area is 276 Å². The Bertz CT molecular complexity index is 2020. The predicted octanol–water partition coefficient (Wildman–Crippen LogP) is 7.48. The Morgan fingerprint density at radius 2 is 1.70 bits per heavy atom. The molecule has 0 saturated carbocycles. The van der Waals surface area contributed by atoms with Crippen molar-refractivity contribution in [1.29, 1.82) is 0 Å². The quantitative estimate of drug-likeness (QED) is 0.153. The fraction of sp³-hybridized carbons (Fsp3) is 0.222. The number of ether oxygens (including phenoxy) is 3. The molecule has 0 aliphatic heterocycles. The van der Waals surface area contributed by atoms with Gasteiger partial charge < -0.3 is 19.5 Å². The van der Waals surface area contributed by atoms with Crippen molar-refractivity contribution in [1.82, 2.24) is 9.66 Å². The summed E-state index contributed by atoms with van der Waals surface area (Å²) in [6.07, 6.45) is 1.51. The number of fused-ring (bicyclic) bond motifs is 1. The molecule has 46 heavy (non-hydrogen) atoms. The van der Waals surface area contributed by atoms with Crippen LogP contribution in [0.3, 0.4) is 0 Å². The van der Waals surface area contributed by atoms with E-state index in [-0.39, 0.29) is 24.0 Å². The van der Waals surface area contributed by atoms with Gasteiger partial charge in [0.15, 0.2) is 23.9 Å². The lowest BCUT2D eigenvalue weighted by atomic mass is 9.96. The number of nitrogens with zero attached hydrogens (tertiary/aromatic N) is 3. The van der Waals surface area contributed by atoms with E-state index in [0.717, 1.165) is 28.0 Å². The van der Waals surface area contributed by atoms with Gasteiger partial charge in [0.05, 0.1) is 31.3 Å². The largest absolute Gasteiger partial charge is 0.496 e. The molecule has 1 aromatic heterocycles. The Hall–Kier alpha value is -4.96. The molecule has 1 N–H and O–H groups in total. The molecule has 0 aliphatic carbocycles. The van der Waals surface area contributed by atoms with E-state index in [4.69, 9.17) is 19.2 Å². The first-order valence-electron chi connectivity index (χ1n) is 14.7. The number of hydrogen-bond donors (Lipinski definition) is 1. The minimum Gasteiger partial charge on any atom is -0.496 e. The first-order valence-corrected chi connectivity index (χ1v) is 15.5. The van der Waals surface area contributed by atoms with Crippen LogP contribution in [-0.4, -0.2) is 42.6 Å². The fourth-order valence-electron chi connectivity index (χ4n) is 5.12. The van der Waals surface area contributed by atoms with E-state index in [9.17, 15) is 9.59 Å². The second kappa shape index (κ2) is 14.0. The van der Waals surface area contributed by atoms with Crippen LogP contribution in [0.25, 0.3) is 22.3 Å². The molecule has 10 heteroatoms. The summed E-state index contributed by atoms with van der Waals surface area (Å²) in [4.78, 5) is 31.7. The highest BCUT2D eigenvalue weighted by Gasteiger charge is 2.19. The molecule has 5 rings (SSSR count). The predicted molar refractivity (Wildman–Crippen MR) is 186 cm³/mol. The lowest BCUT2D eigenvalue weighted by Gasteiger charge is -2.17. The average Bonchev–Trinajstić information content (AvgIpc) is 3.04. The monoisotopic (exact) mass is 682 g/mol. The maximum Gasteiger partial charge on any atom is 0.282 e. The maximum absolute atomic E-state index is 14.0. The third-order valence-electron chi connectivity index (χ3n) is 7.54. The zero-order valence-corrected chi connectivity index (χ0v) is 28.1. The van der Waals surface area contributed by atoms with Crippen LogP contribution in [-0.2, 0) is 4.79 Å². The van der Waals surface area contributed by atoms with Crippen LogP contribution in [0.4, 0.5) is 5.69 Å². The smallest absolute Gasteiger partial charge is 0.282 e. The van der Waals surface area contributed by atoms with Gasteiger partial charge in [-0.1, -0.05) is 60.1 Å². The van der Waals surface area contributed by atoms with Crippen LogP contribution >= 0.6 is 15.9 Å². The Morgan fingerprint density at radius 1 is 0.978 bits per heavy atom. The third kappa shape index (κ3) is 6.82. The summed E-state index contributed by atoms with van der Waals surface area (Å²) in [5, 5.41) is 7.97. The van der Waals surface area contributed by atoms with Crippen molar-refractivity contribution < 1.29 is 19.0 Å². The van der Waals surface area contributed by atoms with Gasteiger partial charge in [0.1, 0.15) is 5.75 Å². The second-order valence-corrected chi connectivity index (χ2v) is 12.0. The van der Waals surface area contributed by atoms with E-state index in [1.807, 2.05) is 62.4 Å². The van der Waals surface area contributed by atoms with Crippen molar-refractivity contribution >= 4 is 44.6 Å². The van der Waals surface area contributed by atoms with Gasteiger partial charge >= 0.3 is 0 Å². The van der Waals surface area contributed by atoms with Crippen LogP contribution in [0.1, 0.15) is 42.0 Å². The lowest BCUT2D eigenvalue weighted by Crippen LogP contribution is -2.22. The molecular formula is C36H35BrN4O5. The van der Waals surface area contributed by atoms with Crippen LogP contribution in [0.5, 0.6) is 17.2 Å². The molecule has 0 atom stereocenters. The lowest BCUT2D eigenvalue weighted by molar-refractivity contribution is -0.118.